The molecule has 0 radical (unpaired) electrons. The topological polar surface area (TPSA) is 81.4 Å². The number of rotatable bonds is 6. The fraction of sp³-hybridized carbons (Fsp3) is 0.316. The third-order valence-corrected chi connectivity index (χ3v) is 5.87. The van der Waals surface area contributed by atoms with E-state index in [1.54, 1.807) is 6.07 Å². The van der Waals surface area contributed by atoms with Gasteiger partial charge in [-0.25, -0.2) is 13.1 Å². The zero-order valence-corrected chi connectivity index (χ0v) is 15.3. The first kappa shape index (κ1) is 17.1. The van der Waals surface area contributed by atoms with Gasteiger partial charge in [0.2, 0.25) is 10.0 Å². The van der Waals surface area contributed by atoms with Crippen LogP contribution >= 0.6 is 0 Å². The number of ether oxygens (including phenoxy) is 1. The number of benzene rings is 2. The Hall–Kier alpha value is -2.38. The van der Waals surface area contributed by atoms with Crippen LogP contribution in [0.25, 0.3) is 11.0 Å². The van der Waals surface area contributed by atoms with Gasteiger partial charge in [0.15, 0.2) is 5.58 Å². The number of para-hydroxylation sites is 1. The molecule has 1 atom stereocenters. The second-order valence-electron chi connectivity index (χ2n) is 6.65. The van der Waals surface area contributed by atoms with Crippen molar-refractivity contribution < 1.29 is 17.7 Å². The Morgan fingerprint density at radius 3 is 2.96 bits per heavy atom. The largest absolute Gasteiger partial charge is 0.493 e. The predicted octanol–water partition coefficient (Wildman–Crippen LogP) is 2.81. The lowest BCUT2D eigenvalue weighted by atomic mass is 10.0. The Morgan fingerprint density at radius 1 is 1.23 bits per heavy atom. The van der Waals surface area contributed by atoms with Crippen LogP contribution in [0.15, 0.2) is 47.0 Å². The number of hydrogen-bond donors (Lipinski definition) is 1. The van der Waals surface area contributed by atoms with Gasteiger partial charge in [-0.2, -0.15) is 0 Å². The fourth-order valence-corrected chi connectivity index (χ4v) is 4.68. The zero-order valence-electron chi connectivity index (χ0n) is 14.4. The average molecular weight is 372 g/mol. The van der Waals surface area contributed by atoms with Crippen LogP contribution in [-0.4, -0.2) is 26.2 Å². The quantitative estimate of drug-likeness (QED) is 0.720. The average Bonchev–Trinajstić information content (AvgIpc) is 3.21. The lowest BCUT2D eigenvalue weighted by molar-refractivity contribution is 0.357. The second kappa shape index (κ2) is 6.74. The Bertz CT molecular complexity index is 1040. The minimum atomic E-state index is -3.52. The van der Waals surface area contributed by atoms with Crippen LogP contribution in [0.3, 0.4) is 0 Å². The van der Waals surface area contributed by atoms with E-state index >= 15 is 0 Å². The van der Waals surface area contributed by atoms with Crippen molar-refractivity contribution in [1.82, 2.24) is 9.88 Å². The van der Waals surface area contributed by atoms with E-state index in [0.29, 0.717) is 24.3 Å². The molecule has 1 N–H and O–H groups in total. The summed E-state index contributed by atoms with van der Waals surface area (Å²) in [5.41, 5.74) is 3.30. The molecule has 0 saturated carbocycles. The standard InChI is InChI=1S/C19H20N2O4S/c1-13(10-14-6-7-18-15(11-14)8-9-24-18)21-26(22,23)12-17-16-4-2-3-5-19(16)25-20-17/h2-7,11,13,21H,8-10,12H2,1H3/t13-/m0/s1. The molecule has 6 nitrogen and oxygen atoms in total. The molecule has 136 valence electrons. The van der Waals surface area contributed by atoms with Crippen molar-refractivity contribution >= 4 is 21.0 Å². The van der Waals surface area contributed by atoms with Crippen LogP contribution in [0.1, 0.15) is 23.7 Å². The predicted molar refractivity (Wildman–Crippen MR) is 98.6 cm³/mol. The highest BCUT2D eigenvalue weighted by atomic mass is 32.2. The van der Waals surface area contributed by atoms with Gasteiger partial charge in [0.1, 0.15) is 17.2 Å². The molecule has 0 aliphatic carbocycles. The van der Waals surface area contributed by atoms with E-state index in [1.807, 2.05) is 37.3 Å². The van der Waals surface area contributed by atoms with Crippen molar-refractivity contribution in [2.75, 3.05) is 6.61 Å². The summed E-state index contributed by atoms with van der Waals surface area (Å²) >= 11 is 0. The molecule has 26 heavy (non-hydrogen) atoms. The molecule has 7 heteroatoms. The van der Waals surface area contributed by atoms with Crippen LogP contribution in [0.4, 0.5) is 0 Å². The molecule has 0 unspecified atom stereocenters. The molecule has 0 amide bonds. The lowest BCUT2D eigenvalue weighted by Gasteiger charge is -2.14. The monoisotopic (exact) mass is 372 g/mol. The second-order valence-corrected chi connectivity index (χ2v) is 8.40. The van der Waals surface area contributed by atoms with E-state index in [1.165, 1.54) is 5.56 Å². The molecule has 0 spiro atoms. The lowest BCUT2D eigenvalue weighted by Crippen LogP contribution is -2.35. The number of nitrogens with zero attached hydrogens (tertiary/aromatic N) is 1. The Balaban J connectivity index is 1.43. The molecule has 1 aliphatic rings. The van der Waals surface area contributed by atoms with Gasteiger partial charge in [-0.15, -0.1) is 0 Å². The molecule has 1 aliphatic heterocycles. The highest BCUT2D eigenvalue weighted by Crippen LogP contribution is 2.26. The first-order valence-electron chi connectivity index (χ1n) is 8.58. The minimum Gasteiger partial charge on any atom is -0.493 e. The maximum atomic E-state index is 12.5. The molecule has 0 bridgehead atoms. The van der Waals surface area contributed by atoms with Crippen molar-refractivity contribution in [2.24, 2.45) is 0 Å². The first-order chi connectivity index (χ1) is 12.5. The molecule has 0 fully saturated rings. The van der Waals surface area contributed by atoms with Gasteiger partial charge < -0.3 is 9.26 Å². The van der Waals surface area contributed by atoms with Crippen molar-refractivity contribution in [3.05, 3.63) is 59.3 Å². The molecular formula is C19H20N2O4S. The SMILES string of the molecule is C[C@@H](Cc1ccc2c(c1)CCO2)NS(=O)(=O)Cc1noc2ccccc12. The fourth-order valence-electron chi connectivity index (χ4n) is 3.33. The van der Waals surface area contributed by atoms with Crippen molar-refractivity contribution in [3.8, 4) is 5.75 Å². The summed E-state index contributed by atoms with van der Waals surface area (Å²) in [5.74, 6) is 0.728. The number of sulfonamides is 1. The summed E-state index contributed by atoms with van der Waals surface area (Å²) in [7, 11) is -3.52. The van der Waals surface area contributed by atoms with Gasteiger partial charge in [0.05, 0.1) is 6.61 Å². The molecule has 2 heterocycles. The highest BCUT2D eigenvalue weighted by Gasteiger charge is 2.20. The summed E-state index contributed by atoms with van der Waals surface area (Å²) in [6.07, 6.45) is 1.52. The first-order valence-corrected chi connectivity index (χ1v) is 10.2. The number of nitrogens with one attached hydrogen (secondary N) is 1. The van der Waals surface area contributed by atoms with E-state index in [-0.39, 0.29) is 11.8 Å². The number of aromatic nitrogens is 1. The van der Waals surface area contributed by atoms with Crippen LogP contribution in [0.2, 0.25) is 0 Å². The molecule has 0 saturated heterocycles. The van der Waals surface area contributed by atoms with Crippen molar-refractivity contribution in [3.63, 3.8) is 0 Å². The van der Waals surface area contributed by atoms with E-state index in [4.69, 9.17) is 9.26 Å². The van der Waals surface area contributed by atoms with E-state index in [2.05, 4.69) is 15.9 Å². The van der Waals surface area contributed by atoms with Gasteiger partial charge >= 0.3 is 0 Å². The summed E-state index contributed by atoms with van der Waals surface area (Å²) in [5, 5.41) is 4.63. The van der Waals surface area contributed by atoms with Crippen LogP contribution in [-0.2, 0) is 28.6 Å². The van der Waals surface area contributed by atoms with Crippen LogP contribution in [0.5, 0.6) is 5.75 Å². The summed E-state index contributed by atoms with van der Waals surface area (Å²) in [4.78, 5) is 0. The van der Waals surface area contributed by atoms with E-state index in [0.717, 1.165) is 23.1 Å². The third-order valence-electron chi connectivity index (χ3n) is 4.46. The number of hydrogen-bond acceptors (Lipinski definition) is 5. The minimum absolute atomic E-state index is 0.202. The Morgan fingerprint density at radius 2 is 2.08 bits per heavy atom. The smallest absolute Gasteiger partial charge is 0.217 e. The highest BCUT2D eigenvalue weighted by molar-refractivity contribution is 7.88. The van der Waals surface area contributed by atoms with Crippen molar-refractivity contribution in [1.29, 1.82) is 0 Å². The molecule has 3 aromatic rings. The molecule has 4 rings (SSSR count). The third kappa shape index (κ3) is 3.59. The summed E-state index contributed by atoms with van der Waals surface area (Å²) in [6, 6.07) is 13.1. The number of fused-ring (bicyclic) bond motifs is 2. The molecular weight excluding hydrogens is 352 g/mol. The van der Waals surface area contributed by atoms with Crippen LogP contribution in [0, 0.1) is 0 Å². The summed E-state index contributed by atoms with van der Waals surface area (Å²) in [6.45, 7) is 2.58. The van der Waals surface area contributed by atoms with Gasteiger partial charge in [0.25, 0.3) is 0 Å². The summed E-state index contributed by atoms with van der Waals surface area (Å²) < 4.78 is 38.5. The molecule has 1 aromatic heterocycles. The van der Waals surface area contributed by atoms with E-state index in [9.17, 15) is 8.42 Å². The van der Waals surface area contributed by atoms with Gasteiger partial charge in [-0.1, -0.05) is 29.4 Å². The van der Waals surface area contributed by atoms with Gasteiger partial charge in [-0.3, -0.25) is 0 Å². The Labute approximate surface area is 152 Å². The van der Waals surface area contributed by atoms with Crippen molar-refractivity contribution in [2.45, 2.75) is 31.6 Å². The maximum absolute atomic E-state index is 12.5. The van der Waals surface area contributed by atoms with E-state index < -0.39 is 10.0 Å². The van der Waals surface area contributed by atoms with Gasteiger partial charge in [0, 0.05) is 17.8 Å². The molecule has 2 aromatic carbocycles. The maximum Gasteiger partial charge on any atom is 0.217 e. The Kier molecular flexibility index (Phi) is 4.42. The normalized spacial score (nSPS) is 15.0. The van der Waals surface area contributed by atoms with Crippen LogP contribution < -0.4 is 9.46 Å². The zero-order chi connectivity index (χ0) is 18.1. The van der Waals surface area contributed by atoms with Gasteiger partial charge in [-0.05, 0) is 42.7 Å².